The van der Waals surface area contributed by atoms with Gasteiger partial charge in [0.25, 0.3) is 0 Å². The van der Waals surface area contributed by atoms with Gasteiger partial charge in [-0.2, -0.15) is 8.42 Å². The van der Waals surface area contributed by atoms with Crippen LogP contribution in [0.25, 0.3) is 0 Å². The highest BCUT2D eigenvalue weighted by Gasteiger charge is 2.35. The molecule has 3 aromatic rings. The van der Waals surface area contributed by atoms with Crippen molar-refractivity contribution in [2.45, 2.75) is 9.79 Å². The summed E-state index contributed by atoms with van der Waals surface area (Å²) in [6, 6.07) is 13.9. The summed E-state index contributed by atoms with van der Waals surface area (Å²) in [5, 5.41) is 3.10. The molecule has 1 aliphatic carbocycles. The second-order valence-corrected chi connectivity index (χ2v) is 14.7. The first kappa shape index (κ1) is 30.7. The van der Waals surface area contributed by atoms with Crippen LogP contribution in [0.2, 0.25) is 0 Å². The fourth-order valence-electron chi connectivity index (χ4n) is 4.23. The fraction of sp³-hybridized carbons (Fsp3) is 0.259. The van der Waals surface area contributed by atoms with Gasteiger partial charge in [-0.15, -0.1) is 11.8 Å². The minimum Gasteiger partial charge on any atom is -0.397 e. The smallest absolute Gasteiger partial charge is 0.397 e. The number of thioether (sulfide) groups is 1. The molecule has 0 saturated heterocycles. The number of carbonyl (C=O) groups excluding carboxylic acids is 2. The van der Waals surface area contributed by atoms with Crippen LogP contribution < -0.4 is 11.1 Å². The lowest BCUT2D eigenvalue weighted by Gasteiger charge is -2.25. The number of nitrogens with one attached hydrogen (secondary N) is 1. The van der Waals surface area contributed by atoms with Crippen molar-refractivity contribution in [3.05, 3.63) is 76.9 Å². The number of sulfone groups is 1. The Morgan fingerprint density at radius 1 is 0.927 bits per heavy atom. The molecule has 0 aromatic heterocycles. The number of carbonyl (C=O) groups is 2. The molecule has 0 spiro atoms. The molecule has 0 fully saturated rings. The standard InChI is InChI=1S/C27H29N3O8S3/c1-30(2,3)11-13-39-22-16-21(23-24(25(22)28)27(32)20-10-5-4-9-19(20)26(23)31)29-17-7-6-8-18(15-17)40(33,34)14-12-38-41(35,36)37/h4-10,15-16H,11-14H2,1-3H3,(H3-,28,29,31,32,35,36,37)/p+1. The molecule has 0 unspecified atom stereocenters. The summed E-state index contributed by atoms with van der Waals surface area (Å²) in [7, 11) is -2.63. The van der Waals surface area contributed by atoms with E-state index in [0.29, 0.717) is 26.5 Å². The SMILES string of the molecule is C[N+](C)(C)CCSc1cc(Nc2cccc(S(=O)(=O)CCOS(=O)(=O)O)c2)c2c(c1N)C(=O)c1ccccc1C2=O. The van der Waals surface area contributed by atoms with Gasteiger partial charge in [-0.05, 0) is 24.3 Å². The maximum atomic E-state index is 13.7. The summed E-state index contributed by atoms with van der Waals surface area (Å²) in [5.74, 6) is -0.785. The number of hydrogen-bond acceptors (Lipinski definition) is 10. The van der Waals surface area contributed by atoms with E-state index in [0.717, 1.165) is 6.54 Å². The molecule has 218 valence electrons. The van der Waals surface area contributed by atoms with Crippen molar-refractivity contribution in [3.8, 4) is 0 Å². The van der Waals surface area contributed by atoms with Gasteiger partial charge in [0.15, 0.2) is 21.4 Å². The van der Waals surface area contributed by atoms with Gasteiger partial charge < -0.3 is 15.5 Å². The van der Waals surface area contributed by atoms with Gasteiger partial charge in [-0.1, -0.05) is 30.3 Å². The first-order chi connectivity index (χ1) is 19.1. The maximum Gasteiger partial charge on any atom is 0.397 e. The Labute approximate surface area is 243 Å². The number of ketones is 2. The second-order valence-electron chi connectivity index (χ2n) is 10.4. The van der Waals surface area contributed by atoms with Gasteiger partial charge in [-0.25, -0.2) is 12.6 Å². The van der Waals surface area contributed by atoms with Gasteiger partial charge in [0.2, 0.25) is 0 Å². The van der Waals surface area contributed by atoms with Gasteiger partial charge in [0, 0.05) is 27.5 Å². The number of benzene rings is 3. The molecule has 3 aromatic carbocycles. The molecule has 0 aliphatic heterocycles. The summed E-state index contributed by atoms with van der Waals surface area (Å²) in [6.07, 6.45) is 0. The Balaban J connectivity index is 1.75. The number of hydrogen-bond donors (Lipinski definition) is 3. The topological polar surface area (TPSA) is 170 Å². The third kappa shape index (κ3) is 7.15. The van der Waals surface area contributed by atoms with Gasteiger partial charge in [0.1, 0.15) is 0 Å². The van der Waals surface area contributed by atoms with Crippen LogP contribution in [0.5, 0.6) is 0 Å². The number of nitrogens with zero attached hydrogens (tertiary/aromatic N) is 1. The Morgan fingerprint density at radius 2 is 1.56 bits per heavy atom. The number of nitrogens with two attached hydrogens (primary N) is 1. The van der Waals surface area contributed by atoms with E-state index in [2.05, 4.69) is 30.6 Å². The summed E-state index contributed by atoms with van der Waals surface area (Å²) in [5.41, 5.74) is 8.00. The molecule has 0 atom stereocenters. The predicted octanol–water partition coefficient (Wildman–Crippen LogP) is 3.18. The quantitative estimate of drug-likeness (QED) is 0.0974. The molecule has 4 N–H and O–H groups in total. The minimum atomic E-state index is -4.79. The summed E-state index contributed by atoms with van der Waals surface area (Å²) in [6.45, 7) is 0.0367. The van der Waals surface area contributed by atoms with E-state index in [9.17, 15) is 26.4 Å². The van der Waals surface area contributed by atoms with Crippen LogP contribution in [0, 0.1) is 0 Å². The summed E-state index contributed by atoms with van der Waals surface area (Å²) < 4.78 is 60.7. The molecule has 0 saturated carbocycles. The van der Waals surface area contributed by atoms with E-state index in [4.69, 9.17) is 10.3 Å². The van der Waals surface area contributed by atoms with Crippen LogP contribution in [-0.4, -0.2) is 83.2 Å². The highest BCUT2D eigenvalue weighted by molar-refractivity contribution is 7.99. The van der Waals surface area contributed by atoms with E-state index in [1.165, 1.54) is 30.0 Å². The Bertz CT molecular complexity index is 1750. The third-order valence-electron chi connectivity index (χ3n) is 6.28. The van der Waals surface area contributed by atoms with Gasteiger partial charge in [0.05, 0.1) is 67.4 Å². The number of quaternary nitrogens is 1. The second kappa shape index (κ2) is 11.5. The zero-order valence-electron chi connectivity index (χ0n) is 22.6. The molecule has 14 heteroatoms. The summed E-state index contributed by atoms with van der Waals surface area (Å²) >= 11 is 1.45. The van der Waals surface area contributed by atoms with Crippen LogP contribution in [0.3, 0.4) is 0 Å². The van der Waals surface area contributed by atoms with E-state index in [1.54, 1.807) is 36.4 Å². The Hall–Kier alpha value is -3.27. The molecule has 41 heavy (non-hydrogen) atoms. The van der Waals surface area contributed by atoms with Crippen LogP contribution in [0.1, 0.15) is 31.8 Å². The average Bonchev–Trinajstić information content (AvgIpc) is 2.87. The molecule has 0 heterocycles. The molecule has 4 rings (SSSR count). The van der Waals surface area contributed by atoms with E-state index < -0.39 is 38.4 Å². The van der Waals surface area contributed by atoms with Crippen molar-refractivity contribution < 1.29 is 39.6 Å². The van der Waals surface area contributed by atoms with Crippen LogP contribution in [0.4, 0.5) is 17.1 Å². The van der Waals surface area contributed by atoms with Crippen molar-refractivity contribution >= 4 is 60.6 Å². The fourth-order valence-corrected chi connectivity index (χ4v) is 7.08. The van der Waals surface area contributed by atoms with Crippen LogP contribution >= 0.6 is 11.8 Å². The molecule has 1 aliphatic rings. The lowest BCUT2D eigenvalue weighted by atomic mass is 9.82. The number of fused-ring (bicyclic) bond motifs is 2. The van der Waals surface area contributed by atoms with Crippen molar-refractivity contribution in [1.82, 2.24) is 0 Å². The molecule has 0 bridgehead atoms. The molecular weight excluding hydrogens is 591 g/mol. The van der Waals surface area contributed by atoms with Crippen molar-refractivity contribution in [3.63, 3.8) is 0 Å². The molecular formula is C27H30N3O8S3+. The predicted molar refractivity (Wildman–Crippen MR) is 157 cm³/mol. The van der Waals surface area contributed by atoms with Crippen molar-refractivity contribution in [1.29, 1.82) is 0 Å². The lowest BCUT2D eigenvalue weighted by Crippen LogP contribution is -2.36. The zero-order chi connectivity index (χ0) is 30.2. The maximum absolute atomic E-state index is 13.7. The monoisotopic (exact) mass is 620 g/mol. The third-order valence-corrected chi connectivity index (χ3v) is 9.45. The molecule has 0 amide bonds. The zero-order valence-corrected chi connectivity index (χ0v) is 25.0. The van der Waals surface area contributed by atoms with E-state index in [1.807, 2.05) is 0 Å². The largest absolute Gasteiger partial charge is 0.397 e. The van der Waals surface area contributed by atoms with E-state index in [-0.39, 0.29) is 38.6 Å². The highest BCUT2D eigenvalue weighted by Crippen LogP contribution is 2.42. The summed E-state index contributed by atoms with van der Waals surface area (Å²) in [4.78, 5) is 27.7. The Morgan fingerprint density at radius 3 is 2.17 bits per heavy atom. The van der Waals surface area contributed by atoms with Gasteiger partial charge >= 0.3 is 10.4 Å². The minimum absolute atomic E-state index is 0.0944. The van der Waals surface area contributed by atoms with Crippen molar-refractivity contribution in [2.24, 2.45) is 0 Å². The lowest BCUT2D eigenvalue weighted by molar-refractivity contribution is -0.867. The van der Waals surface area contributed by atoms with Gasteiger partial charge in [-0.3, -0.25) is 14.1 Å². The normalized spacial score (nSPS) is 13.6. The van der Waals surface area contributed by atoms with Crippen LogP contribution in [0.15, 0.2) is 64.4 Å². The Kier molecular flexibility index (Phi) is 8.64. The number of anilines is 3. The highest BCUT2D eigenvalue weighted by atomic mass is 32.3. The van der Waals surface area contributed by atoms with Crippen molar-refractivity contribution in [2.75, 3.05) is 56.9 Å². The first-order valence-electron chi connectivity index (χ1n) is 12.4. The first-order valence-corrected chi connectivity index (χ1v) is 16.4. The molecule has 11 nitrogen and oxygen atoms in total. The number of nitrogen functional groups attached to an aromatic ring is 1. The van der Waals surface area contributed by atoms with Crippen LogP contribution in [-0.2, 0) is 24.4 Å². The molecule has 0 radical (unpaired) electrons. The number of rotatable bonds is 11. The van der Waals surface area contributed by atoms with E-state index >= 15 is 0 Å². The average molecular weight is 621 g/mol.